The molecule has 0 bridgehead atoms. The number of nitrogens with zero attached hydrogens (tertiary/aromatic N) is 3. The SMILES string of the molecule is CN(C)c1ccc(/C=C/c2nc3ccccc3c(=O)n2-c2ccccc2O)cc1. The third-order valence-electron chi connectivity index (χ3n) is 4.76. The second-order valence-corrected chi connectivity index (χ2v) is 6.94. The van der Waals surface area contributed by atoms with Crippen LogP contribution in [0.3, 0.4) is 0 Å². The summed E-state index contributed by atoms with van der Waals surface area (Å²) in [6.07, 6.45) is 3.71. The van der Waals surface area contributed by atoms with Crippen LogP contribution in [-0.4, -0.2) is 28.8 Å². The molecule has 0 aliphatic rings. The molecule has 4 aromatic rings. The van der Waals surface area contributed by atoms with Gasteiger partial charge in [0.15, 0.2) is 0 Å². The molecule has 0 aliphatic carbocycles. The number of fused-ring (bicyclic) bond motifs is 1. The van der Waals surface area contributed by atoms with Crippen molar-refractivity contribution in [1.82, 2.24) is 9.55 Å². The van der Waals surface area contributed by atoms with E-state index >= 15 is 0 Å². The standard InChI is InChI=1S/C24H21N3O2/c1-26(2)18-14-11-17(12-15-18)13-16-23-25-20-8-4-3-7-19(20)24(29)27(23)21-9-5-6-10-22(21)28/h3-16,28H,1-2H3/b16-13+. The number of aromatic nitrogens is 2. The van der Waals surface area contributed by atoms with Gasteiger partial charge in [0.25, 0.3) is 5.56 Å². The predicted molar refractivity (Wildman–Crippen MR) is 119 cm³/mol. The third kappa shape index (κ3) is 3.62. The maximum Gasteiger partial charge on any atom is 0.266 e. The topological polar surface area (TPSA) is 58.4 Å². The maximum atomic E-state index is 13.2. The van der Waals surface area contributed by atoms with Gasteiger partial charge >= 0.3 is 0 Å². The Morgan fingerprint density at radius 2 is 1.59 bits per heavy atom. The van der Waals surface area contributed by atoms with E-state index in [0.717, 1.165) is 11.3 Å². The Morgan fingerprint density at radius 3 is 2.31 bits per heavy atom. The average Bonchev–Trinajstić information content (AvgIpc) is 2.73. The lowest BCUT2D eigenvalue weighted by atomic mass is 10.1. The Balaban J connectivity index is 1.88. The minimum Gasteiger partial charge on any atom is -0.506 e. The molecule has 29 heavy (non-hydrogen) atoms. The van der Waals surface area contributed by atoms with E-state index in [9.17, 15) is 9.90 Å². The van der Waals surface area contributed by atoms with Crippen LogP contribution >= 0.6 is 0 Å². The molecule has 1 aromatic heterocycles. The highest BCUT2D eigenvalue weighted by Crippen LogP contribution is 2.23. The zero-order valence-electron chi connectivity index (χ0n) is 16.3. The van der Waals surface area contributed by atoms with Gasteiger partial charge in [0.2, 0.25) is 0 Å². The molecule has 0 fully saturated rings. The maximum absolute atomic E-state index is 13.2. The van der Waals surface area contributed by atoms with Crippen molar-refractivity contribution < 1.29 is 5.11 Å². The number of anilines is 1. The van der Waals surface area contributed by atoms with Crippen LogP contribution in [0, 0.1) is 0 Å². The number of aromatic hydroxyl groups is 1. The van der Waals surface area contributed by atoms with Gasteiger partial charge in [-0.05, 0) is 48.0 Å². The van der Waals surface area contributed by atoms with Crippen LogP contribution in [0.1, 0.15) is 11.4 Å². The van der Waals surface area contributed by atoms with Crippen molar-refractivity contribution in [3.05, 3.63) is 94.5 Å². The lowest BCUT2D eigenvalue weighted by Gasteiger charge is -2.13. The Labute approximate surface area is 168 Å². The summed E-state index contributed by atoms with van der Waals surface area (Å²) in [7, 11) is 3.99. The first-order valence-corrected chi connectivity index (χ1v) is 9.30. The summed E-state index contributed by atoms with van der Waals surface area (Å²) in [6.45, 7) is 0. The molecular weight excluding hydrogens is 362 g/mol. The number of hydrogen-bond donors (Lipinski definition) is 1. The molecule has 1 N–H and O–H groups in total. The van der Waals surface area contributed by atoms with Gasteiger partial charge < -0.3 is 10.0 Å². The number of phenolic OH excluding ortho intramolecular Hbond substituents is 1. The normalized spacial score (nSPS) is 11.2. The van der Waals surface area contributed by atoms with Gasteiger partial charge in [-0.2, -0.15) is 0 Å². The molecule has 0 amide bonds. The lowest BCUT2D eigenvalue weighted by Crippen LogP contribution is -2.22. The number of rotatable bonds is 4. The molecule has 144 valence electrons. The number of benzene rings is 3. The number of para-hydroxylation sites is 3. The van der Waals surface area contributed by atoms with Crippen LogP contribution in [0.5, 0.6) is 5.75 Å². The monoisotopic (exact) mass is 383 g/mol. The Kier molecular flexibility index (Phi) is 4.87. The number of hydrogen-bond acceptors (Lipinski definition) is 4. The van der Waals surface area contributed by atoms with Crippen LogP contribution in [0.2, 0.25) is 0 Å². The molecule has 4 rings (SSSR count). The molecule has 3 aromatic carbocycles. The first-order chi connectivity index (χ1) is 14.0. The fraction of sp³-hybridized carbons (Fsp3) is 0.0833. The number of phenols is 1. The average molecular weight is 383 g/mol. The first kappa shape index (κ1) is 18.5. The van der Waals surface area contributed by atoms with E-state index < -0.39 is 0 Å². The molecular formula is C24H21N3O2. The van der Waals surface area contributed by atoms with E-state index in [1.54, 1.807) is 36.4 Å². The molecule has 0 radical (unpaired) electrons. The summed E-state index contributed by atoms with van der Waals surface area (Å²) in [5.41, 5.74) is 2.89. The molecule has 0 aliphatic heterocycles. The zero-order chi connectivity index (χ0) is 20.4. The van der Waals surface area contributed by atoms with Gasteiger partial charge in [0.05, 0.1) is 16.6 Å². The predicted octanol–water partition coefficient (Wildman–Crippen LogP) is 4.33. The van der Waals surface area contributed by atoms with Gasteiger partial charge in [-0.3, -0.25) is 9.36 Å². The largest absolute Gasteiger partial charge is 0.506 e. The minimum atomic E-state index is -0.222. The highest BCUT2D eigenvalue weighted by atomic mass is 16.3. The molecule has 0 unspecified atom stereocenters. The fourth-order valence-corrected chi connectivity index (χ4v) is 3.20. The van der Waals surface area contributed by atoms with Gasteiger partial charge in [0, 0.05) is 19.8 Å². The zero-order valence-corrected chi connectivity index (χ0v) is 16.3. The molecule has 1 heterocycles. The van der Waals surface area contributed by atoms with Gasteiger partial charge in [-0.25, -0.2) is 4.98 Å². The second kappa shape index (κ2) is 7.64. The van der Waals surface area contributed by atoms with E-state index in [0.29, 0.717) is 22.4 Å². The van der Waals surface area contributed by atoms with Gasteiger partial charge in [-0.15, -0.1) is 0 Å². The molecule has 0 atom stereocenters. The van der Waals surface area contributed by atoms with Crippen molar-refractivity contribution >= 4 is 28.7 Å². The smallest absolute Gasteiger partial charge is 0.266 e. The summed E-state index contributed by atoms with van der Waals surface area (Å²) in [5.74, 6) is 0.476. The highest BCUT2D eigenvalue weighted by Gasteiger charge is 2.13. The van der Waals surface area contributed by atoms with Crippen LogP contribution in [0.4, 0.5) is 5.69 Å². The first-order valence-electron chi connectivity index (χ1n) is 9.30. The van der Waals surface area contributed by atoms with E-state index in [1.165, 1.54) is 4.57 Å². The molecule has 5 heteroatoms. The van der Waals surface area contributed by atoms with Crippen LogP contribution in [0.25, 0.3) is 28.7 Å². The highest BCUT2D eigenvalue weighted by molar-refractivity contribution is 5.80. The van der Waals surface area contributed by atoms with Crippen molar-refractivity contribution in [2.75, 3.05) is 19.0 Å². The summed E-state index contributed by atoms with van der Waals surface area (Å²) < 4.78 is 1.45. The van der Waals surface area contributed by atoms with E-state index in [2.05, 4.69) is 4.98 Å². The van der Waals surface area contributed by atoms with Gasteiger partial charge in [-0.1, -0.05) is 42.5 Å². The quantitative estimate of drug-likeness (QED) is 0.570. The molecule has 0 saturated heterocycles. The summed E-state index contributed by atoms with van der Waals surface area (Å²) >= 11 is 0. The molecule has 5 nitrogen and oxygen atoms in total. The van der Waals surface area contributed by atoms with Crippen LogP contribution < -0.4 is 10.5 Å². The van der Waals surface area contributed by atoms with Crippen molar-refractivity contribution in [3.8, 4) is 11.4 Å². The molecule has 0 saturated carbocycles. The summed E-state index contributed by atoms with van der Waals surface area (Å²) in [6, 6.07) is 22.1. The fourth-order valence-electron chi connectivity index (χ4n) is 3.20. The summed E-state index contributed by atoms with van der Waals surface area (Å²) in [5, 5.41) is 10.8. The van der Waals surface area contributed by atoms with E-state index in [1.807, 2.05) is 67.5 Å². The van der Waals surface area contributed by atoms with Crippen LogP contribution in [-0.2, 0) is 0 Å². The van der Waals surface area contributed by atoms with Crippen molar-refractivity contribution in [3.63, 3.8) is 0 Å². The lowest BCUT2D eigenvalue weighted by molar-refractivity contribution is 0.471. The van der Waals surface area contributed by atoms with Crippen LogP contribution in [0.15, 0.2) is 77.6 Å². The Hall–Kier alpha value is -3.86. The van der Waals surface area contributed by atoms with E-state index in [-0.39, 0.29) is 11.3 Å². The van der Waals surface area contributed by atoms with Crippen molar-refractivity contribution in [1.29, 1.82) is 0 Å². The Bertz CT molecular complexity index is 1260. The van der Waals surface area contributed by atoms with Crippen molar-refractivity contribution in [2.24, 2.45) is 0 Å². The van der Waals surface area contributed by atoms with Gasteiger partial charge in [0.1, 0.15) is 11.6 Å². The second-order valence-electron chi connectivity index (χ2n) is 6.94. The Morgan fingerprint density at radius 1 is 0.897 bits per heavy atom. The van der Waals surface area contributed by atoms with Crippen molar-refractivity contribution in [2.45, 2.75) is 0 Å². The minimum absolute atomic E-state index is 0.0247. The van der Waals surface area contributed by atoms with E-state index in [4.69, 9.17) is 0 Å². The molecule has 0 spiro atoms. The third-order valence-corrected chi connectivity index (χ3v) is 4.76. The summed E-state index contributed by atoms with van der Waals surface area (Å²) in [4.78, 5) is 19.9.